The molecule has 8 nitrogen and oxygen atoms in total. The molecule has 1 aromatic carbocycles. The number of aryl methyl sites for hydroxylation is 2. The first kappa shape index (κ1) is 35.3. The van der Waals surface area contributed by atoms with E-state index in [0.29, 0.717) is 0 Å². The van der Waals surface area contributed by atoms with Gasteiger partial charge in [-0.15, -0.1) is 0 Å². The van der Waals surface area contributed by atoms with Crippen molar-refractivity contribution in [2.75, 3.05) is 119 Å². The van der Waals surface area contributed by atoms with Crippen molar-refractivity contribution in [3.63, 3.8) is 0 Å². The van der Waals surface area contributed by atoms with Gasteiger partial charge in [-0.05, 0) is 47.1 Å². The number of fused-ring (bicyclic) bond motifs is 3. The molecule has 0 aliphatic carbocycles. The van der Waals surface area contributed by atoms with Crippen molar-refractivity contribution in [3.8, 4) is 0 Å². The van der Waals surface area contributed by atoms with Gasteiger partial charge in [0.15, 0.2) is 0 Å². The van der Waals surface area contributed by atoms with Gasteiger partial charge in [0, 0.05) is 120 Å². The van der Waals surface area contributed by atoms with Crippen LogP contribution in [0.3, 0.4) is 0 Å². The molecule has 11 heteroatoms. The van der Waals surface area contributed by atoms with Gasteiger partial charge in [0.25, 0.3) is 0 Å². The van der Waals surface area contributed by atoms with Crippen LogP contribution in [0, 0.1) is 13.8 Å². The van der Waals surface area contributed by atoms with E-state index in [1.165, 1.54) is 97.4 Å². The number of piperazine rings is 3. The van der Waals surface area contributed by atoms with Crippen LogP contribution in [0.5, 0.6) is 0 Å². The van der Waals surface area contributed by atoms with Crippen molar-refractivity contribution in [1.29, 1.82) is 0 Å². The Hall–Kier alpha value is -0.521. The summed E-state index contributed by atoms with van der Waals surface area (Å²) in [5.41, 5.74) is 4.06. The summed E-state index contributed by atoms with van der Waals surface area (Å²) in [6, 6.07) is 12.5. The van der Waals surface area contributed by atoms with Crippen molar-refractivity contribution in [2.45, 2.75) is 13.8 Å². The molecule has 0 amide bonds. The molecule has 2 aromatic heterocycles. The molecule has 6 rings (SSSR count). The van der Waals surface area contributed by atoms with Crippen LogP contribution < -0.4 is 0 Å². The van der Waals surface area contributed by atoms with E-state index in [-0.39, 0.29) is 7.92 Å². The average molecular weight is 769 g/mol. The van der Waals surface area contributed by atoms with Gasteiger partial charge in [-0.3, -0.25) is 24.7 Å². The van der Waals surface area contributed by atoms with Gasteiger partial charge in [0.05, 0.1) is 11.0 Å². The van der Waals surface area contributed by atoms with Gasteiger partial charge in [-0.2, -0.15) is 0 Å². The fourth-order valence-corrected chi connectivity index (χ4v) is 8.73. The summed E-state index contributed by atoms with van der Waals surface area (Å²) in [7, 11) is 6.83. The van der Waals surface area contributed by atoms with E-state index in [1.807, 2.05) is 26.0 Å². The Morgan fingerprint density at radius 2 is 0.814 bits per heavy atom. The molecule has 0 unspecified atom stereocenters. The SMILES string of the molecule is CN1CCN(CP(CN2CCN(C)CC2)CN2CCN(C)CC2)CC1.Cc1ccc2ccc3ccc(C)nc3c2n1.[Cu][I]. The van der Waals surface area contributed by atoms with Gasteiger partial charge in [0.1, 0.15) is 0 Å². The molecule has 0 radical (unpaired) electrons. The summed E-state index contributed by atoms with van der Waals surface area (Å²) in [5.74, 6) is 0. The van der Waals surface area contributed by atoms with Crippen molar-refractivity contribution in [1.82, 2.24) is 39.4 Å². The van der Waals surface area contributed by atoms with E-state index in [2.05, 4.69) is 97.5 Å². The van der Waals surface area contributed by atoms with E-state index in [1.54, 1.807) is 20.3 Å². The Kier molecular flexibility index (Phi) is 14.8. The molecule has 0 saturated carbocycles. The van der Waals surface area contributed by atoms with Crippen LogP contribution >= 0.6 is 28.3 Å². The Labute approximate surface area is 280 Å². The summed E-state index contributed by atoms with van der Waals surface area (Å²) in [6.07, 6.45) is 4.05. The maximum atomic E-state index is 4.58. The summed E-state index contributed by atoms with van der Waals surface area (Å²) >= 11 is 5.87. The third-order valence-electron chi connectivity index (χ3n) is 8.79. The molecule has 3 aliphatic rings. The van der Waals surface area contributed by atoms with Gasteiger partial charge < -0.3 is 14.7 Å². The minimum atomic E-state index is 0.0502. The van der Waals surface area contributed by atoms with Crippen LogP contribution in [0.1, 0.15) is 11.4 Å². The van der Waals surface area contributed by atoms with Crippen LogP contribution in [0.25, 0.3) is 21.8 Å². The van der Waals surface area contributed by atoms with Crippen molar-refractivity contribution < 1.29 is 12.8 Å². The predicted molar refractivity (Wildman–Crippen MR) is 189 cm³/mol. The third-order valence-corrected chi connectivity index (χ3v) is 11.2. The number of nitrogens with zero attached hydrogens (tertiary/aromatic N) is 8. The summed E-state index contributed by atoms with van der Waals surface area (Å²) < 4.78 is 0. The molecule has 3 fully saturated rings. The third kappa shape index (κ3) is 11.1. The van der Waals surface area contributed by atoms with E-state index < -0.39 is 0 Å². The van der Waals surface area contributed by atoms with Crippen LogP contribution in [0.4, 0.5) is 0 Å². The molecule has 3 aromatic rings. The Morgan fingerprint density at radius 3 is 1.12 bits per heavy atom. The predicted octanol–water partition coefficient (Wildman–Crippen LogP) is 4.37. The molecule has 0 bridgehead atoms. The summed E-state index contributed by atoms with van der Waals surface area (Å²) in [4.78, 5) is 24.8. The molecule has 3 saturated heterocycles. The zero-order valence-corrected chi connectivity index (χ0v) is 30.8. The van der Waals surface area contributed by atoms with Crippen molar-refractivity contribution >= 4 is 50.1 Å². The zero-order chi connectivity index (χ0) is 30.8. The maximum absolute atomic E-state index is 4.58. The molecule has 43 heavy (non-hydrogen) atoms. The van der Waals surface area contributed by atoms with Crippen LogP contribution in [-0.4, -0.2) is 158 Å². The number of rotatable bonds is 6. The molecule has 3 aliphatic heterocycles. The van der Waals surface area contributed by atoms with Gasteiger partial charge in [-0.1, -0.05) is 32.2 Å². The van der Waals surface area contributed by atoms with Gasteiger partial charge in [-0.25, -0.2) is 0 Å². The van der Waals surface area contributed by atoms with Crippen LogP contribution in [0.15, 0.2) is 36.4 Å². The number of benzene rings is 1. The standard InChI is InChI=1S/C18H39N6P.C14H12N2.Cu.HI/c1-19-4-10-22(11-5-19)16-25(17-23-12-6-20(2)7-13-23)18-24-14-8-21(3)9-15-24;1-9-3-5-11-7-8-12-6-4-10(2)16-14(12)13(11)15-9;;/h4-18H2,1-3H3;3-8H,1-2H3;;1H/q;;+1;/p-1. The monoisotopic (exact) mass is 768 g/mol. The Morgan fingerprint density at radius 1 is 0.535 bits per heavy atom. The molecule has 0 atom stereocenters. The second-order valence-electron chi connectivity index (χ2n) is 12.5. The first-order valence-electron chi connectivity index (χ1n) is 15.5. The summed E-state index contributed by atoms with van der Waals surface area (Å²) in [5, 5.41) is 2.30. The number of likely N-dealkylation sites (N-methyl/N-ethyl adjacent to an activating group) is 3. The van der Waals surface area contributed by atoms with Crippen molar-refractivity contribution in [2.24, 2.45) is 0 Å². The number of hydrogen-bond acceptors (Lipinski definition) is 8. The molecular formula is C32H51CuIN8P. The molecule has 0 spiro atoms. The van der Waals surface area contributed by atoms with E-state index >= 15 is 0 Å². The fraction of sp³-hybridized carbons (Fsp3) is 0.625. The molecule has 0 N–H and O–H groups in total. The van der Waals surface area contributed by atoms with E-state index in [0.717, 1.165) is 33.2 Å². The molecule has 242 valence electrons. The number of aromatic nitrogens is 2. The first-order valence-corrected chi connectivity index (χ1v) is 20.5. The second-order valence-corrected chi connectivity index (χ2v) is 14.7. The average Bonchev–Trinajstić information content (AvgIpc) is 3.02. The topological polar surface area (TPSA) is 45.2 Å². The van der Waals surface area contributed by atoms with E-state index in [9.17, 15) is 0 Å². The number of halogens is 1. The van der Waals surface area contributed by atoms with Crippen LogP contribution in [0.2, 0.25) is 0 Å². The Bertz CT molecular complexity index is 1140. The number of hydrogen-bond donors (Lipinski definition) is 0. The van der Waals surface area contributed by atoms with Crippen LogP contribution in [-0.2, 0) is 12.8 Å². The van der Waals surface area contributed by atoms with Crippen molar-refractivity contribution in [3.05, 3.63) is 47.8 Å². The summed E-state index contributed by atoms with van der Waals surface area (Å²) in [6.45, 7) is 19.1. The molecule has 5 heterocycles. The van der Waals surface area contributed by atoms with E-state index in [4.69, 9.17) is 0 Å². The number of pyridine rings is 2. The normalized spacial score (nSPS) is 20.2. The van der Waals surface area contributed by atoms with Gasteiger partial charge >= 0.3 is 33.1 Å². The second kappa shape index (κ2) is 18.0. The molecular weight excluding hydrogens is 718 g/mol. The van der Waals surface area contributed by atoms with Gasteiger partial charge in [0.2, 0.25) is 0 Å². The quantitative estimate of drug-likeness (QED) is 0.159. The zero-order valence-electron chi connectivity index (χ0n) is 26.8. The Balaban J connectivity index is 0.000000202. The fourth-order valence-electron chi connectivity index (χ4n) is 5.91. The minimum absolute atomic E-state index is 0.0502. The first-order chi connectivity index (χ1) is 20.8.